The molecule has 3 aromatic heterocycles. The summed E-state index contributed by atoms with van der Waals surface area (Å²) < 4.78 is 13.4. The van der Waals surface area contributed by atoms with Gasteiger partial charge in [0, 0.05) is 55.5 Å². The summed E-state index contributed by atoms with van der Waals surface area (Å²) in [6.45, 7) is 12.0. The van der Waals surface area contributed by atoms with E-state index in [1.165, 1.54) is 11.1 Å². The molecule has 0 saturated carbocycles. The first-order valence-electron chi connectivity index (χ1n) is 14.7. The van der Waals surface area contributed by atoms with Gasteiger partial charge in [-0.3, -0.25) is 14.4 Å². The van der Waals surface area contributed by atoms with E-state index in [4.69, 9.17) is 14.1 Å². The first-order valence-corrected chi connectivity index (χ1v) is 14.7. The summed E-state index contributed by atoms with van der Waals surface area (Å²) in [5, 5.41) is 15.8. The number of ketones is 1. The Balaban J connectivity index is 1.28. The van der Waals surface area contributed by atoms with Crippen LogP contribution in [0.5, 0.6) is 0 Å². The Morgan fingerprint density at radius 3 is 2.79 bits per heavy atom. The quantitative estimate of drug-likeness (QED) is 0.285. The third kappa shape index (κ3) is 6.12. The molecular formula is C31H38N8O3. The predicted octanol–water partition coefficient (Wildman–Crippen LogP) is 5.14. The van der Waals surface area contributed by atoms with Gasteiger partial charge in [0.15, 0.2) is 0 Å². The molecule has 11 heteroatoms. The van der Waals surface area contributed by atoms with Crippen LogP contribution in [0.15, 0.2) is 47.3 Å². The van der Waals surface area contributed by atoms with Gasteiger partial charge in [-0.15, -0.1) is 10.2 Å². The molecule has 2 aliphatic heterocycles. The maximum Gasteiger partial charge on any atom is 0.284 e. The van der Waals surface area contributed by atoms with Crippen molar-refractivity contribution >= 4 is 17.4 Å². The van der Waals surface area contributed by atoms with Crippen LogP contribution in [-0.4, -0.2) is 66.4 Å². The normalized spacial score (nSPS) is 19.4. The molecule has 5 heterocycles. The summed E-state index contributed by atoms with van der Waals surface area (Å²) >= 11 is 0. The molecule has 42 heavy (non-hydrogen) atoms. The van der Waals surface area contributed by atoms with Gasteiger partial charge in [-0.2, -0.15) is 5.10 Å². The zero-order chi connectivity index (χ0) is 29.3. The lowest BCUT2D eigenvalue weighted by Gasteiger charge is -2.26. The number of benzene rings is 1. The summed E-state index contributed by atoms with van der Waals surface area (Å²) in [7, 11) is 0. The van der Waals surface area contributed by atoms with Crippen LogP contribution in [0.1, 0.15) is 80.6 Å². The molecule has 0 amide bonds. The van der Waals surface area contributed by atoms with E-state index in [1.54, 1.807) is 12.4 Å². The van der Waals surface area contributed by atoms with E-state index in [9.17, 15) is 4.79 Å². The summed E-state index contributed by atoms with van der Waals surface area (Å²) in [4.78, 5) is 25.1. The number of nitrogens with zero attached hydrogens (tertiary/aromatic N) is 7. The Labute approximate surface area is 245 Å². The van der Waals surface area contributed by atoms with Crippen LogP contribution in [0.4, 0.5) is 11.6 Å². The van der Waals surface area contributed by atoms with Crippen molar-refractivity contribution in [3.05, 3.63) is 65.8 Å². The van der Waals surface area contributed by atoms with Crippen molar-refractivity contribution in [1.82, 2.24) is 34.8 Å². The lowest BCUT2D eigenvalue weighted by atomic mass is 9.87. The molecule has 1 fully saturated rings. The Bertz CT molecular complexity index is 1550. The molecule has 220 valence electrons. The van der Waals surface area contributed by atoms with Crippen molar-refractivity contribution in [2.45, 2.75) is 77.4 Å². The van der Waals surface area contributed by atoms with Crippen LogP contribution in [-0.2, 0) is 23.2 Å². The average molecular weight is 571 g/mol. The zero-order valence-corrected chi connectivity index (χ0v) is 24.7. The Hall–Kier alpha value is -3.96. The predicted molar refractivity (Wildman–Crippen MR) is 158 cm³/mol. The number of nitrogens with one attached hydrogen (secondary N) is 1. The number of Topliss-reactive ketones (excluding diaryl/α,β-unsaturated/α-hetero) is 1. The van der Waals surface area contributed by atoms with Crippen molar-refractivity contribution in [2.75, 3.05) is 25.1 Å². The SMILES string of the molecule is CCn1cc(Nc2nccc(-c3ccc4c(c3)CN([C@H]3CCOC3)CC[C@@H]4CC(=O)c3nnc(C(C)(C)C)o3)n2)cn1. The third-order valence-electron chi connectivity index (χ3n) is 8.04. The van der Waals surface area contributed by atoms with Gasteiger partial charge in [-0.05, 0) is 55.5 Å². The summed E-state index contributed by atoms with van der Waals surface area (Å²) in [6.07, 6.45) is 7.66. The van der Waals surface area contributed by atoms with Gasteiger partial charge in [0.05, 0.1) is 24.2 Å². The van der Waals surface area contributed by atoms with Crippen molar-refractivity contribution in [2.24, 2.45) is 0 Å². The number of carbonyl (C=O) groups excluding carboxylic acids is 1. The number of hydrogen-bond donors (Lipinski definition) is 1. The number of ether oxygens (including phenoxy) is 1. The fourth-order valence-corrected chi connectivity index (χ4v) is 5.67. The highest BCUT2D eigenvalue weighted by Gasteiger charge is 2.32. The number of anilines is 2. The van der Waals surface area contributed by atoms with Gasteiger partial charge in [0.25, 0.3) is 5.89 Å². The standard InChI is InChI=1S/C31H38N8O3/c1-5-39-18-23(16-33-39)34-30-32-11-8-26(35-30)21-6-7-25-20(15-27(40)28-36-37-29(42-28)31(2,3)4)9-12-38(17-22(25)14-21)24-10-13-41-19-24/h6-8,11,14,16,18,20,24H,5,9-10,12-13,15,17,19H2,1-4H3,(H,32,34,35)/t20-,24+/m1/s1. The van der Waals surface area contributed by atoms with Crippen molar-refractivity contribution in [3.8, 4) is 11.3 Å². The van der Waals surface area contributed by atoms with Crippen molar-refractivity contribution in [1.29, 1.82) is 0 Å². The minimum Gasteiger partial charge on any atom is -0.418 e. The molecule has 0 bridgehead atoms. The highest BCUT2D eigenvalue weighted by Crippen LogP contribution is 2.36. The largest absolute Gasteiger partial charge is 0.418 e. The van der Waals surface area contributed by atoms with Gasteiger partial charge in [-0.25, -0.2) is 9.97 Å². The van der Waals surface area contributed by atoms with E-state index in [0.717, 1.165) is 62.6 Å². The van der Waals surface area contributed by atoms with Gasteiger partial charge >= 0.3 is 0 Å². The van der Waals surface area contributed by atoms with Crippen LogP contribution in [0.25, 0.3) is 11.3 Å². The number of hydrogen-bond acceptors (Lipinski definition) is 10. The van der Waals surface area contributed by atoms with Crippen LogP contribution in [0.2, 0.25) is 0 Å². The Morgan fingerprint density at radius 1 is 1.17 bits per heavy atom. The summed E-state index contributed by atoms with van der Waals surface area (Å²) in [5.74, 6) is 1.00. The van der Waals surface area contributed by atoms with E-state index in [-0.39, 0.29) is 23.0 Å². The molecule has 0 aliphatic carbocycles. The molecule has 0 radical (unpaired) electrons. The van der Waals surface area contributed by atoms with Crippen LogP contribution in [0.3, 0.4) is 0 Å². The van der Waals surface area contributed by atoms with Gasteiger partial charge < -0.3 is 14.5 Å². The molecule has 1 N–H and O–H groups in total. The minimum atomic E-state index is -0.311. The smallest absolute Gasteiger partial charge is 0.284 e. The monoisotopic (exact) mass is 570 g/mol. The van der Waals surface area contributed by atoms with Crippen LogP contribution in [0, 0.1) is 0 Å². The van der Waals surface area contributed by atoms with E-state index >= 15 is 0 Å². The number of aromatic nitrogens is 6. The maximum absolute atomic E-state index is 13.3. The second-order valence-corrected chi connectivity index (χ2v) is 12.2. The third-order valence-corrected chi connectivity index (χ3v) is 8.04. The highest BCUT2D eigenvalue weighted by molar-refractivity contribution is 5.92. The lowest BCUT2D eigenvalue weighted by molar-refractivity contribution is 0.0931. The highest BCUT2D eigenvalue weighted by atomic mass is 16.5. The minimum absolute atomic E-state index is 0.0385. The second-order valence-electron chi connectivity index (χ2n) is 12.2. The Morgan fingerprint density at radius 2 is 2.05 bits per heavy atom. The topological polar surface area (TPSA) is 124 Å². The molecule has 4 aromatic rings. The van der Waals surface area contributed by atoms with Gasteiger partial charge in [0.1, 0.15) is 0 Å². The number of rotatable bonds is 8. The van der Waals surface area contributed by atoms with Crippen molar-refractivity contribution < 1.29 is 13.9 Å². The first kappa shape index (κ1) is 28.2. The molecule has 1 aromatic carbocycles. The van der Waals surface area contributed by atoms with Crippen LogP contribution < -0.4 is 5.32 Å². The van der Waals surface area contributed by atoms with Gasteiger partial charge in [0.2, 0.25) is 17.6 Å². The average Bonchev–Trinajstić information content (AvgIpc) is 3.75. The molecular weight excluding hydrogens is 532 g/mol. The molecule has 1 saturated heterocycles. The molecule has 0 unspecified atom stereocenters. The van der Waals surface area contributed by atoms with E-state index in [1.807, 2.05) is 44.6 Å². The van der Waals surface area contributed by atoms with E-state index < -0.39 is 0 Å². The summed E-state index contributed by atoms with van der Waals surface area (Å²) in [5.41, 5.74) is 4.75. The fraction of sp³-hybridized carbons (Fsp3) is 0.484. The molecule has 11 nitrogen and oxygen atoms in total. The number of aryl methyl sites for hydroxylation is 1. The molecule has 0 spiro atoms. The first-order chi connectivity index (χ1) is 20.3. The number of fused-ring (bicyclic) bond motifs is 1. The van der Waals surface area contributed by atoms with E-state index in [2.05, 4.69) is 48.7 Å². The number of carbonyl (C=O) groups is 1. The molecule has 2 aliphatic rings. The van der Waals surface area contributed by atoms with Crippen molar-refractivity contribution in [3.63, 3.8) is 0 Å². The summed E-state index contributed by atoms with van der Waals surface area (Å²) in [6, 6.07) is 8.76. The second kappa shape index (κ2) is 11.7. The Kier molecular flexibility index (Phi) is 7.87. The lowest BCUT2D eigenvalue weighted by Crippen LogP contribution is -2.35. The van der Waals surface area contributed by atoms with Crippen LogP contribution >= 0.6 is 0 Å². The fourth-order valence-electron chi connectivity index (χ4n) is 5.67. The molecule has 6 rings (SSSR count). The van der Waals surface area contributed by atoms with E-state index in [0.29, 0.717) is 24.3 Å². The maximum atomic E-state index is 13.3. The zero-order valence-electron chi connectivity index (χ0n) is 24.7. The van der Waals surface area contributed by atoms with Gasteiger partial charge in [-0.1, -0.05) is 32.9 Å². The molecule has 2 atom stereocenters.